The Morgan fingerprint density at radius 1 is 0.805 bits per heavy atom. The molecule has 0 spiro atoms. The molecule has 1 atom stereocenters. The number of carbonyl (C=O) groups is 1. The Balaban J connectivity index is 1.43. The number of amides is 1. The van der Waals surface area contributed by atoms with Crippen LogP contribution in [-0.4, -0.2) is 24.0 Å². The zero-order valence-electron chi connectivity index (χ0n) is 23.1. The van der Waals surface area contributed by atoms with E-state index < -0.39 is 6.04 Å². The maximum Gasteiger partial charge on any atom is 0.290 e. The summed E-state index contributed by atoms with van der Waals surface area (Å²) in [7, 11) is 0. The topological polar surface area (TPSA) is 69.0 Å². The first-order valence-corrected chi connectivity index (χ1v) is 13.9. The molecule has 5 aromatic rings. The lowest BCUT2D eigenvalue weighted by molar-refractivity contribution is 0.0729. The van der Waals surface area contributed by atoms with Crippen molar-refractivity contribution in [1.82, 2.24) is 4.90 Å². The van der Waals surface area contributed by atoms with Crippen LogP contribution in [0.4, 0.5) is 0 Å². The SMILES string of the molecule is CCOc1cc(C2c3c(oc4ccc(C)cc4c3=O)C(=O)N2CCc2ccccc2)ccc1OCc1ccccc1. The summed E-state index contributed by atoms with van der Waals surface area (Å²) in [4.78, 5) is 29.5. The van der Waals surface area contributed by atoms with Crippen molar-refractivity contribution in [3.8, 4) is 11.5 Å². The van der Waals surface area contributed by atoms with Gasteiger partial charge in [-0.05, 0) is 61.2 Å². The second-order valence-corrected chi connectivity index (χ2v) is 10.2. The highest BCUT2D eigenvalue weighted by molar-refractivity contribution is 5.99. The summed E-state index contributed by atoms with van der Waals surface area (Å²) >= 11 is 0. The van der Waals surface area contributed by atoms with E-state index in [0.717, 1.165) is 22.3 Å². The first-order valence-electron chi connectivity index (χ1n) is 13.9. The maximum absolute atomic E-state index is 14.0. The molecule has 41 heavy (non-hydrogen) atoms. The van der Waals surface area contributed by atoms with Gasteiger partial charge >= 0.3 is 0 Å². The smallest absolute Gasteiger partial charge is 0.290 e. The normalized spacial score (nSPS) is 14.3. The van der Waals surface area contributed by atoms with Crippen molar-refractivity contribution in [3.63, 3.8) is 0 Å². The van der Waals surface area contributed by atoms with Gasteiger partial charge in [0.2, 0.25) is 5.76 Å². The van der Waals surface area contributed by atoms with Crippen molar-refractivity contribution in [2.75, 3.05) is 13.2 Å². The van der Waals surface area contributed by atoms with E-state index in [1.807, 2.05) is 105 Å². The molecule has 0 fully saturated rings. The molecular formula is C35H31NO5. The molecule has 0 saturated carbocycles. The first kappa shape index (κ1) is 26.4. The lowest BCUT2D eigenvalue weighted by Gasteiger charge is -2.26. The molecule has 0 saturated heterocycles. The second-order valence-electron chi connectivity index (χ2n) is 10.2. The third kappa shape index (κ3) is 5.21. The molecule has 0 bridgehead atoms. The van der Waals surface area contributed by atoms with E-state index in [1.54, 1.807) is 11.0 Å². The van der Waals surface area contributed by atoms with Gasteiger partial charge in [-0.2, -0.15) is 0 Å². The van der Waals surface area contributed by atoms with Crippen LogP contribution in [0, 0.1) is 6.92 Å². The minimum atomic E-state index is -0.621. The highest BCUT2D eigenvalue weighted by Gasteiger charge is 2.42. The van der Waals surface area contributed by atoms with Crippen LogP contribution in [0.15, 0.2) is 106 Å². The van der Waals surface area contributed by atoms with E-state index in [9.17, 15) is 9.59 Å². The van der Waals surface area contributed by atoms with Gasteiger partial charge in [-0.15, -0.1) is 0 Å². The van der Waals surface area contributed by atoms with Gasteiger partial charge in [-0.3, -0.25) is 9.59 Å². The summed E-state index contributed by atoms with van der Waals surface area (Å²) in [5.74, 6) is 0.974. The van der Waals surface area contributed by atoms with Crippen molar-refractivity contribution in [2.24, 2.45) is 0 Å². The number of ether oxygens (including phenoxy) is 2. The van der Waals surface area contributed by atoms with Gasteiger partial charge in [0.15, 0.2) is 16.9 Å². The fraction of sp³-hybridized carbons (Fsp3) is 0.200. The Labute approximate surface area is 238 Å². The highest BCUT2D eigenvalue weighted by atomic mass is 16.5. The van der Waals surface area contributed by atoms with E-state index in [2.05, 4.69) is 0 Å². The Kier molecular flexibility index (Phi) is 7.30. The number of benzene rings is 4. The molecule has 6 heteroatoms. The van der Waals surface area contributed by atoms with Crippen LogP contribution in [0.25, 0.3) is 11.0 Å². The Morgan fingerprint density at radius 3 is 2.27 bits per heavy atom. The Bertz CT molecular complexity index is 1760. The van der Waals surface area contributed by atoms with E-state index in [-0.39, 0.29) is 17.1 Å². The van der Waals surface area contributed by atoms with Crippen LogP contribution in [-0.2, 0) is 13.0 Å². The average molecular weight is 546 g/mol. The molecule has 1 aromatic heterocycles. The second kappa shape index (κ2) is 11.3. The van der Waals surface area contributed by atoms with E-state index in [1.165, 1.54) is 0 Å². The number of carbonyl (C=O) groups excluding carboxylic acids is 1. The molecule has 6 rings (SSSR count). The summed E-state index contributed by atoms with van der Waals surface area (Å²) in [6.45, 7) is 5.10. The monoisotopic (exact) mass is 545 g/mol. The Morgan fingerprint density at radius 2 is 1.54 bits per heavy atom. The summed E-state index contributed by atoms with van der Waals surface area (Å²) in [6.07, 6.45) is 0.639. The number of hydrogen-bond acceptors (Lipinski definition) is 5. The molecule has 1 aliphatic rings. The zero-order valence-corrected chi connectivity index (χ0v) is 23.1. The number of nitrogens with zero attached hydrogens (tertiary/aromatic N) is 1. The summed E-state index contributed by atoms with van der Waals surface area (Å²) in [6, 6.07) is 30.4. The number of rotatable bonds is 9. The lowest BCUT2D eigenvalue weighted by Crippen LogP contribution is -2.31. The quantitative estimate of drug-likeness (QED) is 0.202. The molecule has 0 N–H and O–H groups in total. The summed E-state index contributed by atoms with van der Waals surface area (Å²) in [5, 5.41) is 0.472. The van der Waals surface area contributed by atoms with Crippen LogP contribution in [0.5, 0.6) is 11.5 Å². The van der Waals surface area contributed by atoms with Crippen LogP contribution in [0.1, 0.15) is 51.3 Å². The fourth-order valence-corrected chi connectivity index (χ4v) is 5.42. The molecule has 2 heterocycles. The predicted octanol–water partition coefficient (Wildman–Crippen LogP) is 6.87. The predicted molar refractivity (Wildman–Crippen MR) is 159 cm³/mol. The van der Waals surface area contributed by atoms with Gasteiger partial charge in [0, 0.05) is 6.54 Å². The lowest BCUT2D eigenvalue weighted by atomic mass is 9.97. The van der Waals surface area contributed by atoms with Crippen molar-refractivity contribution >= 4 is 16.9 Å². The van der Waals surface area contributed by atoms with Gasteiger partial charge < -0.3 is 18.8 Å². The van der Waals surface area contributed by atoms with E-state index >= 15 is 0 Å². The van der Waals surface area contributed by atoms with E-state index in [0.29, 0.717) is 54.2 Å². The molecule has 1 amide bonds. The molecule has 1 aliphatic heterocycles. The largest absolute Gasteiger partial charge is 0.490 e. The molecule has 0 aliphatic carbocycles. The van der Waals surface area contributed by atoms with Crippen LogP contribution in [0.2, 0.25) is 0 Å². The minimum absolute atomic E-state index is 0.103. The highest BCUT2D eigenvalue weighted by Crippen LogP contribution is 2.41. The first-order chi connectivity index (χ1) is 20.0. The summed E-state index contributed by atoms with van der Waals surface area (Å²) < 4.78 is 18.2. The zero-order chi connectivity index (χ0) is 28.3. The van der Waals surface area contributed by atoms with Crippen LogP contribution < -0.4 is 14.9 Å². The molecule has 0 radical (unpaired) electrons. The molecule has 1 unspecified atom stereocenters. The maximum atomic E-state index is 14.0. The standard InChI is InChI=1S/C35H31NO5/c1-3-39-30-21-26(15-17-29(30)40-22-25-12-8-5-9-13-25)32-31-33(37)27-20-23(2)14-16-28(27)41-34(31)35(38)36(32)19-18-24-10-6-4-7-11-24/h4-17,20-21,32H,3,18-19,22H2,1-2H3. The number of hydrogen-bond donors (Lipinski definition) is 0. The van der Waals surface area contributed by atoms with Gasteiger partial charge in [0.25, 0.3) is 5.91 Å². The molecular weight excluding hydrogens is 514 g/mol. The van der Waals surface area contributed by atoms with Crippen molar-refractivity contribution in [1.29, 1.82) is 0 Å². The van der Waals surface area contributed by atoms with Crippen molar-refractivity contribution < 1.29 is 18.7 Å². The number of fused-ring (bicyclic) bond motifs is 2. The van der Waals surface area contributed by atoms with Crippen LogP contribution >= 0.6 is 0 Å². The molecule has 206 valence electrons. The van der Waals surface area contributed by atoms with Gasteiger partial charge in [0.1, 0.15) is 12.2 Å². The van der Waals surface area contributed by atoms with Gasteiger partial charge in [-0.25, -0.2) is 0 Å². The number of aryl methyl sites for hydroxylation is 1. The third-order valence-corrected chi connectivity index (χ3v) is 7.43. The van der Waals surface area contributed by atoms with Gasteiger partial charge in [-0.1, -0.05) is 78.4 Å². The molecule has 6 nitrogen and oxygen atoms in total. The van der Waals surface area contributed by atoms with Crippen LogP contribution in [0.3, 0.4) is 0 Å². The van der Waals surface area contributed by atoms with Crippen molar-refractivity contribution in [3.05, 3.63) is 141 Å². The Hall–Kier alpha value is -4.84. The fourth-order valence-electron chi connectivity index (χ4n) is 5.42. The van der Waals surface area contributed by atoms with Crippen molar-refractivity contribution in [2.45, 2.75) is 32.9 Å². The average Bonchev–Trinajstić information content (AvgIpc) is 3.28. The summed E-state index contributed by atoms with van der Waals surface area (Å²) in [5.41, 5.74) is 4.45. The minimum Gasteiger partial charge on any atom is -0.490 e. The molecule has 4 aromatic carbocycles. The van der Waals surface area contributed by atoms with E-state index in [4.69, 9.17) is 13.9 Å². The van der Waals surface area contributed by atoms with Gasteiger partial charge in [0.05, 0.1) is 23.6 Å². The third-order valence-electron chi connectivity index (χ3n) is 7.43.